The van der Waals surface area contributed by atoms with Crippen LogP contribution in [0.2, 0.25) is 0 Å². The fraction of sp³-hybridized carbons (Fsp3) is 0.600. The van der Waals surface area contributed by atoms with Gasteiger partial charge in [-0.3, -0.25) is 0 Å². The Hall–Kier alpha value is -0.0297. The van der Waals surface area contributed by atoms with Gasteiger partial charge in [-0.1, -0.05) is 0 Å². The number of halogens is 1. The third kappa shape index (κ3) is 7.87. The molecule has 0 amide bonds. The van der Waals surface area contributed by atoms with E-state index in [0.29, 0.717) is 0 Å². The number of aliphatic carboxylic acids is 2. The third-order valence-electron chi connectivity index (χ3n) is 0.858. The van der Waals surface area contributed by atoms with Crippen LogP contribution in [0.15, 0.2) is 0 Å². The number of hydrogen-bond donors (Lipinski definition) is 0. The van der Waals surface area contributed by atoms with Gasteiger partial charge in [0.2, 0.25) is 0 Å². The van der Waals surface area contributed by atoms with E-state index in [-0.39, 0.29) is 35.2 Å². The van der Waals surface area contributed by atoms with Gasteiger partial charge in [0.1, 0.15) is 0 Å². The smallest absolute Gasteiger partial charge is 0.0734 e. The van der Waals surface area contributed by atoms with Gasteiger partial charge in [0.15, 0.2) is 0 Å². The fourth-order valence-corrected chi connectivity index (χ4v) is 0.472. The van der Waals surface area contributed by atoms with Crippen LogP contribution in [0.5, 0.6) is 0 Å². The molecule has 6 heteroatoms. The molecule has 0 aromatic heterocycles. The number of rotatable bonds is 4. The van der Waals surface area contributed by atoms with E-state index in [1.165, 1.54) is 0 Å². The minimum Gasteiger partial charge on any atom is -0.550 e. The van der Waals surface area contributed by atoms with Crippen LogP contribution in [-0.4, -0.2) is 17.3 Å². The number of carboxylic acid groups (broad SMARTS) is 2. The first-order chi connectivity index (χ1) is 4.54. The molecular formula is C5H5AgClO4-2. The molecule has 0 spiro atoms. The SMILES string of the molecule is O=C([O-])CCC(Cl)C(=O)[O-].[Ag]. The Bertz CT molecular complexity index is 149. The van der Waals surface area contributed by atoms with Gasteiger partial charge >= 0.3 is 0 Å². The predicted octanol–water partition coefficient (Wildman–Crippen LogP) is -2.13. The molecule has 0 bridgehead atoms. The second-order valence-corrected chi connectivity index (χ2v) is 2.22. The Morgan fingerprint density at radius 2 is 1.82 bits per heavy atom. The predicted molar refractivity (Wildman–Crippen MR) is 28.9 cm³/mol. The van der Waals surface area contributed by atoms with E-state index in [1.807, 2.05) is 0 Å². The number of carbonyl (C=O) groups is 2. The van der Waals surface area contributed by atoms with Gasteiger partial charge < -0.3 is 19.8 Å². The Morgan fingerprint density at radius 1 is 1.36 bits per heavy atom. The van der Waals surface area contributed by atoms with Crippen molar-refractivity contribution in [3.8, 4) is 0 Å². The molecule has 0 fully saturated rings. The van der Waals surface area contributed by atoms with Crippen molar-refractivity contribution in [2.24, 2.45) is 0 Å². The molecule has 0 aliphatic heterocycles. The summed E-state index contributed by atoms with van der Waals surface area (Å²) in [5.41, 5.74) is 0. The van der Waals surface area contributed by atoms with Crippen LogP contribution >= 0.6 is 11.6 Å². The molecule has 4 nitrogen and oxygen atoms in total. The minimum absolute atomic E-state index is 0. The summed E-state index contributed by atoms with van der Waals surface area (Å²) in [7, 11) is 0. The van der Waals surface area contributed by atoms with E-state index in [2.05, 4.69) is 0 Å². The van der Waals surface area contributed by atoms with Crippen molar-refractivity contribution in [2.45, 2.75) is 18.2 Å². The molecule has 0 aromatic rings. The first kappa shape index (κ1) is 13.6. The summed E-state index contributed by atoms with van der Waals surface area (Å²) < 4.78 is 0. The topological polar surface area (TPSA) is 80.3 Å². The maximum absolute atomic E-state index is 9.86. The second kappa shape index (κ2) is 6.67. The van der Waals surface area contributed by atoms with Crippen molar-refractivity contribution in [1.82, 2.24) is 0 Å². The summed E-state index contributed by atoms with van der Waals surface area (Å²) in [5, 5.41) is 18.4. The van der Waals surface area contributed by atoms with Crippen LogP contribution in [0.25, 0.3) is 0 Å². The molecule has 0 saturated carbocycles. The zero-order valence-corrected chi connectivity index (χ0v) is 7.54. The molecule has 0 N–H and O–H groups in total. The molecule has 1 atom stereocenters. The van der Waals surface area contributed by atoms with Gasteiger partial charge in [0, 0.05) is 28.3 Å². The Morgan fingerprint density at radius 3 is 2.09 bits per heavy atom. The van der Waals surface area contributed by atoms with E-state index in [0.717, 1.165) is 0 Å². The monoisotopic (exact) mass is 271 g/mol. The van der Waals surface area contributed by atoms with Crippen molar-refractivity contribution in [1.29, 1.82) is 0 Å². The molecule has 0 saturated heterocycles. The van der Waals surface area contributed by atoms with Crippen molar-refractivity contribution in [2.75, 3.05) is 0 Å². The molecule has 0 aliphatic carbocycles. The van der Waals surface area contributed by atoms with Crippen molar-refractivity contribution in [3.63, 3.8) is 0 Å². The van der Waals surface area contributed by atoms with E-state index in [4.69, 9.17) is 11.6 Å². The molecule has 11 heavy (non-hydrogen) atoms. The van der Waals surface area contributed by atoms with Crippen LogP contribution in [0.4, 0.5) is 0 Å². The van der Waals surface area contributed by atoms with Crippen LogP contribution < -0.4 is 10.2 Å². The van der Waals surface area contributed by atoms with Crippen LogP contribution in [0.3, 0.4) is 0 Å². The minimum atomic E-state index is -1.46. The molecule has 0 heterocycles. The Kier molecular flexibility index (Phi) is 8.21. The molecule has 69 valence electrons. The van der Waals surface area contributed by atoms with Crippen LogP contribution in [-0.2, 0) is 32.0 Å². The standard InChI is InChI=1S/C5H7ClO4.Ag/c6-3(5(9)10)1-2-4(7)8;/h3H,1-2H2,(H,7,8)(H,9,10);/p-2. The molecule has 1 radical (unpaired) electrons. The molecule has 0 rings (SSSR count). The zero-order chi connectivity index (χ0) is 8.15. The summed E-state index contributed by atoms with van der Waals surface area (Å²) >= 11 is 5.11. The number of alkyl halides is 1. The normalized spacial score (nSPS) is 11.4. The maximum Gasteiger partial charge on any atom is 0.0734 e. The van der Waals surface area contributed by atoms with Crippen LogP contribution in [0.1, 0.15) is 12.8 Å². The van der Waals surface area contributed by atoms with E-state index >= 15 is 0 Å². The molecule has 0 aromatic carbocycles. The molecule has 0 aliphatic rings. The summed E-state index contributed by atoms with van der Waals surface area (Å²) in [4.78, 5) is 19.6. The summed E-state index contributed by atoms with van der Waals surface area (Å²) in [6, 6.07) is 0. The first-order valence-corrected chi connectivity index (χ1v) is 3.02. The summed E-state index contributed by atoms with van der Waals surface area (Å²) in [6.45, 7) is 0. The largest absolute Gasteiger partial charge is 0.550 e. The van der Waals surface area contributed by atoms with Gasteiger partial charge in [-0.05, 0) is 12.8 Å². The molecule has 1 unspecified atom stereocenters. The quantitative estimate of drug-likeness (QED) is 0.432. The van der Waals surface area contributed by atoms with Gasteiger partial charge in [-0.2, -0.15) is 0 Å². The van der Waals surface area contributed by atoms with Crippen molar-refractivity contribution >= 4 is 23.5 Å². The van der Waals surface area contributed by atoms with Crippen molar-refractivity contribution in [3.05, 3.63) is 0 Å². The summed E-state index contributed by atoms with van der Waals surface area (Å²) in [5.74, 6) is -2.77. The average molecular weight is 272 g/mol. The van der Waals surface area contributed by atoms with Crippen molar-refractivity contribution < 1.29 is 42.2 Å². The maximum atomic E-state index is 9.86. The van der Waals surface area contributed by atoms with E-state index in [1.54, 1.807) is 0 Å². The van der Waals surface area contributed by atoms with Crippen LogP contribution in [0, 0.1) is 0 Å². The average Bonchev–Trinajstić information content (AvgIpc) is 1.82. The van der Waals surface area contributed by atoms with Gasteiger partial charge in [0.05, 0.1) is 11.3 Å². The number of hydrogen-bond acceptors (Lipinski definition) is 4. The zero-order valence-electron chi connectivity index (χ0n) is 5.30. The van der Waals surface area contributed by atoms with Gasteiger partial charge in [-0.15, -0.1) is 11.6 Å². The summed E-state index contributed by atoms with van der Waals surface area (Å²) in [6.07, 6.45) is -0.519. The first-order valence-electron chi connectivity index (χ1n) is 2.59. The number of carbonyl (C=O) groups excluding carboxylic acids is 2. The number of carboxylic acids is 2. The van der Waals surface area contributed by atoms with Gasteiger partial charge in [0.25, 0.3) is 0 Å². The van der Waals surface area contributed by atoms with E-state index in [9.17, 15) is 19.8 Å². The van der Waals surface area contributed by atoms with Gasteiger partial charge in [-0.25, -0.2) is 0 Å². The molecular weight excluding hydrogens is 267 g/mol. The third-order valence-corrected chi connectivity index (χ3v) is 1.25. The van der Waals surface area contributed by atoms with E-state index < -0.39 is 17.3 Å². The Labute approximate surface area is 84.0 Å². The second-order valence-electron chi connectivity index (χ2n) is 1.70. The fourth-order valence-electron chi connectivity index (χ4n) is 0.362. The Balaban J connectivity index is 0.